The molecule has 0 atom stereocenters. The molecule has 1 aromatic carbocycles. The van der Waals surface area contributed by atoms with Gasteiger partial charge in [0.15, 0.2) is 5.82 Å². The molecule has 1 aromatic heterocycles. The Morgan fingerprint density at radius 3 is 2.67 bits per heavy atom. The zero-order valence-corrected chi connectivity index (χ0v) is 11.6. The van der Waals surface area contributed by atoms with E-state index in [4.69, 9.17) is 20.3 Å². The van der Waals surface area contributed by atoms with Crippen LogP contribution >= 0.6 is 0 Å². The Balaban J connectivity index is 2.38. The highest BCUT2D eigenvalue weighted by molar-refractivity contribution is 5.96. The van der Waals surface area contributed by atoms with Crippen LogP contribution in [0.15, 0.2) is 30.5 Å². The Morgan fingerprint density at radius 2 is 2.05 bits per heavy atom. The van der Waals surface area contributed by atoms with E-state index in [0.29, 0.717) is 17.2 Å². The van der Waals surface area contributed by atoms with E-state index >= 15 is 0 Å². The molecule has 0 saturated heterocycles. The topological polar surface area (TPSA) is 107 Å². The number of ether oxygens (including phenoxy) is 2. The fourth-order valence-corrected chi connectivity index (χ4v) is 1.79. The summed E-state index contributed by atoms with van der Waals surface area (Å²) in [4.78, 5) is 15.1. The number of nitrogen functional groups attached to an aromatic ring is 1. The van der Waals surface area contributed by atoms with Crippen LogP contribution in [-0.4, -0.2) is 30.3 Å². The first-order chi connectivity index (χ1) is 10.1. The van der Waals surface area contributed by atoms with Gasteiger partial charge in [0.2, 0.25) is 0 Å². The molecule has 110 valence electrons. The van der Waals surface area contributed by atoms with Crippen LogP contribution in [-0.2, 0) is 0 Å². The average Bonchev–Trinajstić information content (AvgIpc) is 2.49. The van der Waals surface area contributed by atoms with Gasteiger partial charge in [-0.1, -0.05) is 0 Å². The molecule has 0 amide bonds. The number of aromatic carboxylic acids is 1. The summed E-state index contributed by atoms with van der Waals surface area (Å²) in [5, 5.41) is 12.0. The number of carboxylic acids is 1. The van der Waals surface area contributed by atoms with Crippen LogP contribution in [0.4, 0.5) is 17.2 Å². The molecule has 0 aliphatic carbocycles. The number of aromatic nitrogens is 1. The lowest BCUT2D eigenvalue weighted by Gasteiger charge is -2.14. The summed E-state index contributed by atoms with van der Waals surface area (Å²) in [6.07, 6.45) is 1.37. The van der Waals surface area contributed by atoms with Gasteiger partial charge in [0.25, 0.3) is 0 Å². The van der Waals surface area contributed by atoms with Gasteiger partial charge < -0.3 is 25.6 Å². The van der Waals surface area contributed by atoms with Crippen LogP contribution in [0.3, 0.4) is 0 Å². The van der Waals surface area contributed by atoms with Crippen LogP contribution < -0.4 is 20.5 Å². The molecule has 2 rings (SSSR count). The number of nitrogens with one attached hydrogen (secondary N) is 1. The van der Waals surface area contributed by atoms with Crippen molar-refractivity contribution in [1.82, 2.24) is 4.98 Å². The number of carbonyl (C=O) groups is 1. The average molecular weight is 289 g/mol. The Morgan fingerprint density at radius 1 is 1.29 bits per heavy atom. The lowest BCUT2D eigenvalue weighted by Crippen LogP contribution is -2.07. The normalized spacial score (nSPS) is 10.0. The number of methoxy groups -OCH3 is 2. The van der Waals surface area contributed by atoms with Gasteiger partial charge in [0, 0.05) is 12.3 Å². The summed E-state index contributed by atoms with van der Waals surface area (Å²) in [6, 6.07) is 6.50. The van der Waals surface area contributed by atoms with Gasteiger partial charge in [0.05, 0.1) is 31.2 Å². The maximum absolute atomic E-state index is 11.1. The van der Waals surface area contributed by atoms with Gasteiger partial charge in [-0.05, 0) is 18.2 Å². The van der Waals surface area contributed by atoms with Crippen molar-refractivity contribution in [3.05, 3.63) is 36.0 Å². The van der Waals surface area contributed by atoms with Crippen LogP contribution in [0.2, 0.25) is 0 Å². The van der Waals surface area contributed by atoms with E-state index in [2.05, 4.69) is 10.3 Å². The Labute approximate surface area is 121 Å². The number of pyridine rings is 1. The second-order valence-electron chi connectivity index (χ2n) is 4.12. The molecule has 4 N–H and O–H groups in total. The van der Waals surface area contributed by atoms with Gasteiger partial charge in [-0.25, -0.2) is 9.78 Å². The lowest BCUT2D eigenvalue weighted by molar-refractivity contribution is 0.0698. The summed E-state index contributed by atoms with van der Waals surface area (Å²) in [7, 11) is 3.07. The minimum atomic E-state index is -1.11. The number of hydrogen-bond donors (Lipinski definition) is 3. The van der Waals surface area contributed by atoms with E-state index in [9.17, 15) is 4.79 Å². The van der Waals surface area contributed by atoms with Crippen molar-refractivity contribution in [2.45, 2.75) is 0 Å². The predicted octanol–water partition coefficient (Wildman–Crippen LogP) is 2.12. The highest BCUT2D eigenvalue weighted by Crippen LogP contribution is 2.33. The van der Waals surface area contributed by atoms with E-state index < -0.39 is 5.97 Å². The van der Waals surface area contributed by atoms with Crippen molar-refractivity contribution in [2.24, 2.45) is 0 Å². The number of benzene rings is 1. The molecule has 0 aliphatic heterocycles. The summed E-state index contributed by atoms with van der Waals surface area (Å²) < 4.78 is 10.4. The van der Waals surface area contributed by atoms with Crippen molar-refractivity contribution in [1.29, 1.82) is 0 Å². The summed E-state index contributed by atoms with van der Waals surface area (Å²) in [5.74, 6) is 0.298. The maximum atomic E-state index is 11.1. The summed E-state index contributed by atoms with van der Waals surface area (Å²) >= 11 is 0. The molecule has 7 nitrogen and oxygen atoms in total. The van der Waals surface area contributed by atoms with Crippen molar-refractivity contribution < 1.29 is 19.4 Å². The molecule has 0 unspecified atom stereocenters. The summed E-state index contributed by atoms with van der Waals surface area (Å²) in [6.45, 7) is 0. The highest BCUT2D eigenvalue weighted by Gasteiger charge is 2.14. The van der Waals surface area contributed by atoms with Crippen molar-refractivity contribution in [2.75, 3.05) is 25.3 Å². The molecule has 1 heterocycles. The number of hydrogen-bond acceptors (Lipinski definition) is 6. The number of nitrogens with two attached hydrogens (primary N) is 1. The Bertz CT molecular complexity index is 673. The lowest BCUT2D eigenvalue weighted by atomic mass is 10.2. The number of anilines is 3. The van der Waals surface area contributed by atoms with Crippen LogP contribution in [0.25, 0.3) is 0 Å². The molecule has 7 heteroatoms. The van der Waals surface area contributed by atoms with E-state index in [1.54, 1.807) is 25.3 Å². The van der Waals surface area contributed by atoms with Gasteiger partial charge in [-0.15, -0.1) is 0 Å². The minimum absolute atomic E-state index is 0.0139. The zero-order valence-electron chi connectivity index (χ0n) is 11.6. The Kier molecular flexibility index (Phi) is 4.13. The third-order valence-electron chi connectivity index (χ3n) is 2.88. The molecule has 21 heavy (non-hydrogen) atoms. The Hall–Kier alpha value is -2.96. The van der Waals surface area contributed by atoms with Crippen molar-refractivity contribution >= 4 is 23.2 Å². The third kappa shape index (κ3) is 2.97. The first-order valence-corrected chi connectivity index (χ1v) is 6.03. The zero-order chi connectivity index (χ0) is 15.4. The smallest absolute Gasteiger partial charge is 0.337 e. The molecule has 2 aromatic rings. The third-order valence-corrected chi connectivity index (χ3v) is 2.88. The van der Waals surface area contributed by atoms with Gasteiger partial charge in [0.1, 0.15) is 11.5 Å². The maximum Gasteiger partial charge on any atom is 0.337 e. The first kappa shape index (κ1) is 14.4. The molecular weight excluding hydrogens is 274 g/mol. The fraction of sp³-hybridized carbons (Fsp3) is 0.143. The fourth-order valence-electron chi connectivity index (χ4n) is 1.79. The minimum Gasteiger partial charge on any atom is -0.497 e. The number of rotatable bonds is 5. The molecule has 0 bridgehead atoms. The SMILES string of the molecule is COc1ccc(Nc2nccc(C(=O)O)c2N)c(OC)c1. The monoisotopic (exact) mass is 289 g/mol. The molecule has 0 spiro atoms. The predicted molar refractivity (Wildman–Crippen MR) is 78.4 cm³/mol. The van der Waals surface area contributed by atoms with E-state index in [0.717, 1.165) is 0 Å². The highest BCUT2D eigenvalue weighted by atomic mass is 16.5. The van der Waals surface area contributed by atoms with E-state index in [-0.39, 0.29) is 17.1 Å². The van der Waals surface area contributed by atoms with Crippen LogP contribution in [0, 0.1) is 0 Å². The second kappa shape index (κ2) is 6.00. The van der Waals surface area contributed by atoms with E-state index in [1.165, 1.54) is 19.4 Å². The molecular formula is C14H15N3O4. The van der Waals surface area contributed by atoms with Gasteiger partial charge in [-0.3, -0.25) is 0 Å². The van der Waals surface area contributed by atoms with Crippen molar-refractivity contribution in [3.8, 4) is 11.5 Å². The van der Waals surface area contributed by atoms with Gasteiger partial charge >= 0.3 is 5.97 Å². The second-order valence-corrected chi connectivity index (χ2v) is 4.12. The van der Waals surface area contributed by atoms with E-state index in [1.807, 2.05) is 0 Å². The molecule has 0 saturated carbocycles. The molecule has 0 fully saturated rings. The van der Waals surface area contributed by atoms with Crippen LogP contribution in [0.1, 0.15) is 10.4 Å². The quantitative estimate of drug-likeness (QED) is 0.773. The molecule has 0 aliphatic rings. The van der Waals surface area contributed by atoms with Gasteiger partial charge in [-0.2, -0.15) is 0 Å². The number of carboxylic acid groups (broad SMARTS) is 1. The largest absolute Gasteiger partial charge is 0.497 e. The molecule has 0 radical (unpaired) electrons. The van der Waals surface area contributed by atoms with Crippen LogP contribution in [0.5, 0.6) is 11.5 Å². The number of nitrogens with zero attached hydrogens (tertiary/aromatic N) is 1. The first-order valence-electron chi connectivity index (χ1n) is 6.03. The standard InChI is InChI=1S/C14H15N3O4/c1-20-8-3-4-10(11(7-8)21-2)17-13-12(15)9(14(18)19)5-6-16-13/h3-7H,15H2,1-2H3,(H,16,17)(H,18,19). The summed E-state index contributed by atoms with van der Waals surface area (Å²) in [5.41, 5.74) is 6.45. The van der Waals surface area contributed by atoms with Crippen molar-refractivity contribution in [3.63, 3.8) is 0 Å².